The topological polar surface area (TPSA) is 60.7 Å². The third kappa shape index (κ3) is 2.35. The lowest BCUT2D eigenvalue weighted by atomic mass is 10.1. The molecule has 2 aromatic carbocycles. The second-order valence-corrected chi connectivity index (χ2v) is 5.58. The van der Waals surface area contributed by atoms with Crippen LogP contribution in [0.5, 0.6) is 0 Å². The molecule has 0 aliphatic heterocycles. The summed E-state index contributed by atoms with van der Waals surface area (Å²) in [5, 5.41) is 10.2. The van der Waals surface area contributed by atoms with Crippen LogP contribution in [0.3, 0.4) is 0 Å². The molecule has 2 heterocycles. The normalized spacial score (nSPS) is 11.2. The van der Waals surface area contributed by atoms with Gasteiger partial charge in [-0.15, -0.1) is 5.10 Å². The predicted molar refractivity (Wildman–Crippen MR) is 89.7 cm³/mol. The van der Waals surface area contributed by atoms with Crippen LogP contribution in [0.4, 0.5) is 0 Å². The molecule has 0 saturated heterocycles. The van der Waals surface area contributed by atoms with E-state index in [1.165, 1.54) is 4.68 Å². The summed E-state index contributed by atoms with van der Waals surface area (Å²) in [6.07, 6.45) is 1.71. The molecule has 0 fully saturated rings. The summed E-state index contributed by atoms with van der Waals surface area (Å²) in [7, 11) is 0. The van der Waals surface area contributed by atoms with Crippen LogP contribution in [0.1, 0.15) is 5.56 Å². The average Bonchev–Trinajstić information content (AvgIpc) is 2.60. The summed E-state index contributed by atoms with van der Waals surface area (Å²) in [5.41, 5.74) is 2.06. The Balaban J connectivity index is 1.87. The van der Waals surface area contributed by atoms with Crippen molar-refractivity contribution >= 4 is 33.4 Å². The van der Waals surface area contributed by atoms with Gasteiger partial charge < -0.3 is 0 Å². The van der Waals surface area contributed by atoms with Gasteiger partial charge in [0.05, 0.1) is 17.4 Å². The third-order valence-corrected chi connectivity index (χ3v) is 4.08. The van der Waals surface area contributed by atoms with Crippen LogP contribution < -0.4 is 5.56 Å². The van der Waals surface area contributed by atoms with E-state index in [0.717, 1.165) is 16.5 Å². The molecule has 0 radical (unpaired) electrons. The van der Waals surface area contributed by atoms with Gasteiger partial charge in [-0.1, -0.05) is 35.0 Å². The number of fused-ring (bicyclic) bond motifs is 2. The van der Waals surface area contributed by atoms with Crippen molar-refractivity contribution < 1.29 is 0 Å². The smallest absolute Gasteiger partial charge is 0.267 e. The quantitative estimate of drug-likeness (QED) is 0.569. The second kappa shape index (κ2) is 5.44. The largest absolute Gasteiger partial charge is 0.277 e. The van der Waals surface area contributed by atoms with Crippen molar-refractivity contribution in [2.45, 2.75) is 6.54 Å². The number of hydrogen-bond donors (Lipinski definition) is 0. The highest BCUT2D eigenvalue weighted by molar-refractivity contribution is 6.35. The molecule has 0 aliphatic rings. The van der Waals surface area contributed by atoms with Crippen LogP contribution in [0, 0.1) is 0 Å². The second-order valence-electron chi connectivity index (χ2n) is 5.18. The highest BCUT2D eigenvalue weighted by Crippen LogP contribution is 2.25. The van der Waals surface area contributed by atoms with Gasteiger partial charge in [0.25, 0.3) is 5.56 Å². The SMILES string of the molecule is O=c1c2ccccc2nnn1Cc1ccc(Cl)c2cccnc12. The van der Waals surface area contributed by atoms with E-state index in [2.05, 4.69) is 15.3 Å². The van der Waals surface area contributed by atoms with Crippen LogP contribution in [0.2, 0.25) is 5.02 Å². The Hall–Kier alpha value is -2.79. The molecule has 0 bridgehead atoms. The average molecular weight is 323 g/mol. The number of hydrogen-bond acceptors (Lipinski definition) is 4. The van der Waals surface area contributed by atoms with Gasteiger partial charge in [0, 0.05) is 22.2 Å². The van der Waals surface area contributed by atoms with E-state index in [0.29, 0.717) is 22.5 Å². The van der Waals surface area contributed by atoms with Crippen molar-refractivity contribution in [2.75, 3.05) is 0 Å². The predicted octanol–water partition coefficient (Wildman–Crippen LogP) is 3.04. The minimum Gasteiger partial charge on any atom is -0.267 e. The number of benzene rings is 2. The van der Waals surface area contributed by atoms with Gasteiger partial charge in [0.15, 0.2) is 0 Å². The van der Waals surface area contributed by atoms with Crippen LogP contribution in [-0.4, -0.2) is 20.0 Å². The molecule has 23 heavy (non-hydrogen) atoms. The van der Waals surface area contributed by atoms with Crippen molar-refractivity contribution in [1.29, 1.82) is 0 Å². The summed E-state index contributed by atoms with van der Waals surface area (Å²) in [4.78, 5) is 16.9. The Labute approximate surface area is 136 Å². The van der Waals surface area contributed by atoms with Crippen molar-refractivity contribution in [2.24, 2.45) is 0 Å². The molecule has 0 spiro atoms. The third-order valence-electron chi connectivity index (χ3n) is 3.75. The summed E-state index contributed by atoms with van der Waals surface area (Å²) < 4.78 is 1.35. The van der Waals surface area contributed by atoms with Gasteiger partial charge in [0.2, 0.25) is 0 Å². The van der Waals surface area contributed by atoms with E-state index in [9.17, 15) is 4.79 Å². The molecular formula is C17H11ClN4O. The summed E-state index contributed by atoms with van der Waals surface area (Å²) in [6.45, 7) is 0.293. The Morgan fingerprint density at radius 2 is 1.83 bits per heavy atom. The van der Waals surface area contributed by atoms with Crippen LogP contribution in [-0.2, 0) is 6.54 Å². The van der Waals surface area contributed by atoms with E-state index in [1.807, 2.05) is 30.3 Å². The number of nitrogens with zero attached hydrogens (tertiary/aromatic N) is 4. The lowest BCUT2D eigenvalue weighted by Crippen LogP contribution is -2.24. The number of pyridine rings is 1. The molecule has 0 aliphatic carbocycles. The Morgan fingerprint density at radius 3 is 2.74 bits per heavy atom. The summed E-state index contributed by atoms with van der Waals surface area (Å²) in [5.74, 6) is 0. The van der Waals surface area contributed by atoms with Gasteiger partial charge in [-0.25, -0.2) is 4.68 Å². The van der Waals surface area contributed by atoms with Crippen LogP contribution >= 0.6 is 11.6 Å². The molecule has 112 valence electrons. The van der Waals surface area contributed by atoms with Gasteiger partial charge in [0.1, 0.15) is 5.52 Å². The van der Waals surface area contributed by atoms with Gasteiger partial charge in [-0.2, -0.15) is 0 Å². The van der Waals surface area contributed by atoms with Crippen molar-refractivity contribution in [1.82, 2.24) is 20.0 Å². The van der Waals surface area contributed by atoms with E-state index in [1.54, 1.807) is 24.4 Å². The maximum absolute atomic E-state index is 12.5. The molecule has 0 N–H and O–H groups in total. The van der Waals surface area contributed by atoms with Gasteiger partial charge in [-0.3, -0.25) is 9.78 Å². The van der Waals surface area contributed by atoms with Gasteiger partial charge >= 0.3 is 0 Å². The molecule has 4 aromatic rings. The zero-order valence-electron chi connectivity index (χ0n) is 12.0. The molecule has 2 aromatic heterocycles. The maximum atomic E-state index is 12.5. The Morgan fingerprint density at radius 1 is 1.00 bits per heavy atom. The fraction of sp³-hybridized carbons (Fsp3) is 0.0588. The maximum Gasteiger partial charge on any atom is 0.277 e. The minimum absolute atomic E-state index is 0.172. The summed E-state index contributed by atoms with van der Waals surface area (Å²) in [6, 6.07) is 14.6. The molecular weight excluding hydrogens is 312 g/mol. The highest BCUT2D eigenvalue weighted by atomic mass is 35.5. The van der Waals surface area contributed by atoms with E-state index in [4.69, 9.17) is 11.6 Å². The molecule has 4 rings (SSSR count). The standard InChI is InChI=1S/C17H11ClN4O/c18-14-8-7-11(16-12(14)5-3-9-19-16)10-22-17(23)13-4-1-2-6-15(13)20-21-22/h1-9H,10H2. The van der Waals surface area contributed by atoms with Crippen LogP contribution in [0.15, 0.2) is 59.5 Å². The zero-order valence-corrected chi connectivity index (χ0v) is 12.7. The van der Waals surface area contributed by atoms with E-state index >= 15 is 0 Å². The summed E-state index contributed by atoms with van der Waals surface area (Å²) >= 11 is 6.20. The first-order valence-electron chi connectivity index (χ1n) is 7.09. The molecule has 0 amide bonds. The van der Waals surface area contributed by atoms with E-state index in [-0.39, 0.29) is 5.56 Å². The van der Waals surface area contributed by atoms with Crippen molar-refractivity contribution in [3.05, 3.63) is 75.7 Å². The molecule has 0 unspecified atom stereocenters. The zero-order chi connectivity index (χ0) is 15.8. The van der Waals surface area contributed by atoms with Crippen LogP contribution in [0.25, 0.3) is 21.8 Å². The van der Waals surface area contributed by atoms with Crippen molar-refractivity contribution in [3.63, 3.8) is 0 Å². The molecule has 0 saturated carbocycles. The highest BCUT2D eigenvalue weighted by Gasteiger charge is 2.10. The van der Waals surface area contributed by atoms with Gasteiger partial charge in [-0.05, 0) is 30.3 Å². The first kappa shape index (κ1) is 13.8. The molecule has 0 atom stereocenters. The number of rotatable bonds is 2. The molecule has 5 nitrogen and oxygen atoms in total. The number of halogens is 1. The first-order valence-corrected chi connectivity index (χ1v) is 7.46. The number of aromatic nitrogens is 4. The fourth-order valence-corrected chi connectivity index (χ4v) is 2.83. The minimum atomic E-state index is -0.172. The van der Waals surface area contributed by atoms with Crippen molar-refractivity contribution in [3.8, 4) is 0 Å². The monoisotopic (exact) mass is 322 g/mol. The lowest BCUT2D eigenvalue weighted by Gasteiger charge is -2.08. The van der Waals surface area contributed by atoms with E-state index < -0.39 is 0 Å². The Bertz CT molecular complexity index is 1090. The lowest BCUT2D eigenvalue weighted by molar-refractivity contribution is 0.602. The first-order chi connectivity index (χ1) is 11.2. The fourth-order valence-electron chi connectivity index (χ4n) is 2.61. The Kier molecular flexibility index (Phi) is 3.28. The molecule has 6 heteroatoms.